The third-order valence-corrected chi connectivity index (χ3v) is 2.78. The fraction of sp³-hybridized carbons (Fsp3) is 0.846. The lowest BCUT2D eigenvalue weighted by Gasteiger charge is -2.38. The smallest absolute Gasteiger partial charge is 0.413 e. The highest BCUT2D eigenvalue weighted by atomic mass is 16.6. The van der Waals surface area contributed by atoms with E-state index in [-0.39, 0.29) is 6.73 Å². The number of esters is 1. The van der Waals surface area contributed by atoms with E-state index in [0.717, 1.165) is 0 Å². The number of hydrogen-bond donors (Lipinski definition) is 0. The van der Waals surface area contributed by atoms with E-state index in [2.05, 4.69) is 0 Å². The molecule has 0 spiro atoms. The van der Waals surface area contributed by atoms with Gasteiger partial charge in [0.1, 0.15) is 17.9 Å². The Kier molecular flexibility index (Phi) is 6.29. The summed E-state index contributed by atoms with van der Waals surface area (Å²) < 4.78 is 15.1. The van der Waals surface area contributed by atoms with E-state index in [9.17, 15) is 9.59 Å². The van der Waals surface area contributed by atoms with Crippen molar-refractivity contribution in [1.82, 2.24) is 4.90 Å². The Bertz CT molecular complexity index is 323. The Morgan fingerprint density at radius 1 is 1.11 bits per heavy atom. The first-order valence-corrected chi connectivity index (χ1v) is 6.20. The van der Waals surface area contributed by atoms with Crippen molar-refractivity contribution in [2.24, 2.45) is 0 Å². The number of hydrogen-bond acceptors (Lipinski definition) is 5. The third kappa shape index (κ3) is 4.70. The van der Waals surface area contributed by atoms with Crippen LogP contribution in [-0.2, 0) is 19.0 Å². The molecule has 1 amide bonds. The lowest BCUT2D eigenvalue weighted by molar-refractivity contribution is -0.157. The first-order chi connectivity index (χ1) is 8.62. The van der Waals surface area contributed by atoms with E-state index >= 15 is 0 Å². The molecule has 19 heavy (non-hydrogen) atoms. The molecule has 0 aliphatic rings. The van der Waals surface area contributed by atoms with Crippen molar-refractivity contribution in [3.8, 4) is 0 Å². The van der Waals surface area contributed by atoms with E-state index < -0.39 is 23.2 Å². The zero-order valence-electron chi connectivity index (χ0n) is 12.9. The van der Waals surface area contributed by atoms with Crippen molar-refractivity contribution in [3.05, 3.63) is 0 Å². The summed E-state index contributed by atoms with van der Waals surface area (Å²) >= 11 is 0. The van der Waals surface area contributed by atoms with Gasteiger partial charge in [0.25, 0.3) is 0 Å². The van der Waals surface area contributed by atoms with E-state index in [0.29, 0.717) is 6.42 Å². The second-order valence-electron chi connectivity index (χ2n) is 5.45. The highest BCUT2D eigenvalue weighted by Crippen LogP contribution is 2.24. The van der Waals surface area contributed by atoms with E-state index in [1.54, 1.807) is 34.6 Å². The van der Waals surface area contributed by atoms with Crippen LogP contribution in [-0.4, -0.2) is 49.1 Å². The predicted molar refractivity (Wildman–Crippen MR) is 70.7 cm³/mol. The average molecular weight is 275 g/mol. The molecule has 112 valence electrons. The molecule has 0 saturated carbocycles. The maximum atomic E-state index is 12.2. The number of nitrogens with zero attached hydrogens (tertiary/aromatic N) is 1. The van der Waals surface area contributed by atoms with Crippen LogP contribution in [0, 0.1) is 0 Å². The highest BCUT2D eigenvalue weighted by molar-refractivity contribution is 5.85. The molecule has 6 nitrogen and oxygen atoms in total. The van der Waals surface area contributed by atoms with Gasteiger partial charge in [-0.05, 0) is 34.1 Å². The normalized spacial score (nSPS) is 14.5. The number of carbonyl (C=O) groups excluding carboxylic acids is 2. The minimum absolute atomic E-state index is 0.0473. The van der Waals surface area contributed by atoms with Gasteiger partial charge in [-0.2, -0.15) is 0 Å². The molecule has 6 heteroatoms. The minimum Gasteiger partial charge on any atom is -0.467 e. The lowest BCUT2D eigenvalue weighted by atomic mass is 9.97. The zero-order valence-corrected chi connectivity index (χ0v) is 12.9. The summed E-state index contributed by atoms with van der Waals surface area (Å²) in [7, 11) is 2.74. The van der Waals surface area contributed by atoms with Gasteiger partial charge in [-0.15, -0.1) is 0 Å². The molecule has 0 radical (unpaired) electrons. The molecule has 0 aliphatic heterocycles. The maximum absolute atomic E-state index is 12.2. The number of methoxy groups -OCH3 is 2. The van der Waals surface area contributed by atoms with Gasteiger partial charge in [0.05, 0.1) is 7.11 Å². The van der Waals surface area contributed by atoms with Gasteiger partial charge in [-0.25, -0.2) is 9.59 Å². The fourth-order valence-corrected chi connectivity index (χ4v) is 1.51. The van der Waals surface area contributed by atoms with Gasteiger partial charge in [-0.1, -0.05) is 6.92 Å². The number of rotatable bonds is 5. The molecule has 0 aliphatic carbocycles. The molecule has 0 unspecified atom stereocenters. The van der Waals surface area contributed by atoms with Crippen LogP contribution in [0.4, 0.5) is 4.79 Å². The summed E-state index contributed by atoms with van der Waals surface area (Å²) in [6.07, 6.45) is -0.216. The maximum Gasteiger partial charge on any atom is 0.413 e. The van der Waals surface area contributed by atoms with Crippen molar-refractivity contribution in [2.45, 2.75) is 52.2 Å². The molecule has 0 aromatic rings. The van der Waals surface area contributed by atoms with Crippen LogP contribution >= 0.6 is 0 Å². The van der Waals surface area contributed by atoms with Crippen molar-refractivity contribution in [1.29, 1.82) is 0 Å². The Labute approximate surface area is 115 Å². The summed E-state index contributed by atoms with van der Waals surface area (Å²) in [5.41, 5.74) is -1.76. The van der Waals surface area contributed by atoms with Crippen molar-refractivity contribution in [2.75, 3.05) is 21.0 Å². The molecule has 0 heterocycles. The Hall–Kier alpha value is -1.30. The summed E-state index contributed by atoms with van der Waals surface area (Å²) in [6, 6.07) is 0. The van der Waals surface area contributed by atoms with Crippen LogP contribution in [0.3, 0.4) is 0 Å². The summed E-state index contributed by atoms with van der Waals surface area (Å²) in [6.45, 7) is 8.66. The summed E-state index contributed by atoms with van der Waals surface area (Å²) in [5, 5.41) is 0. The Morgan fingerprint density at radius 3 is 1.95 bits per heavy atom. The van der Waals surface area contributed by atoms with Crippen molar-refractivity contribution < 1.29 is 23.8 Å². The molecule has 0 aromatic heterocycles. The Balaban J connectivity index is 5.27. The highest BCUT2D eigenvalue weighted by Gasteiger charge is 2.43. The molecular weight excluding hydrogens is 250 g/mol. The van der Waals surface area contributed by atoms with Crippen LogP contribution < -0.4 is 0 Å². The zero-order chi connectivity index (χ0) is 15.3. The lowest BCUT2D eigenvalue weighted by Crippen LogP contribution is -2.56. The molecule has 1 atom stereocenters. The van der Waals surface area contributed by atoms with E-state index in [1.807, 2.05) is 0 Å². The van der Waals surface area contributed by atoms with Crippen molar-refractivity contribution in [3.63, 3.8) is 0 Å². The number of amides is 1. The van der Waals surface area contributed by atoms with Crippen LogP contribution in [0.2, 0.25) is 0 Å². The Morgan fingerprint density at radius 2 is 1.63 bits per heavy atom. The number of ether oxygens (including phenoxy) is 3. The predicted octanol–water partition coefficient (Wildman–Crippen LogP) is 2.17. The molecule has 0 aromatic carbocycles. The molecule has 0 N–H and O–H groups in total. The molecule has 0 rings (SSSR count). The van der Waals surface area contributed by atoms with Crippen molar-refractivity contribution >= 4 is 12.1 Å². The second kappa shape index (κ2) is 6.75. The van der Waals surface area contributed by atoms with Gasteiger partial charge in [0.2, 0.25) is 0 Å². The van der Waals surface area contributed by atoms with Gasteiger partial charge in [0, 0.05) is 7.11 Å². The van der Waals surface area contributed by atoms with Gasteiger partial charge < -0.3 is 14.2 Å². The van der Waals surface area contributed by atoms with E-state index in [1.165, 1.54) is 19.1 Å². The minimum atomic E-state index is -1.12. The van der Waals surface area contributed by atoms with Gasteiger partial charge in [-0.3, -0.25) is 4.90 Å². The van der Waals surface area contributed by atoms with Gasteiger partial charge >= 0.3 is 12.1 Å². The topological polar surface area (TPSA) is 65.1 Å². The van der Waals surface area contributed by atoms with Crippen LogP contribution in [0.1, 0.15) is 41.0 Å². The first kappa shape index (κ1) is 17.7. The first-order valence-electron chi connectivity index (χ1n) is 6.20. The molecular formula is C13H25NO5. The standard InChI is InChI=1S/C13H25NO5/c1-8-13(5,10(15)18-7)14(9-17-6)11(16)19-12(2,3)4/h8-9H2,1-7H3/t13-/m0/s1. The quantitative estimate of drug-likeness (QED) is 0.568. The second-order valence-corrected chi connectivity index (χ2v) is 5.45. The molecule has 0 fully saturated rings. The largest absolute Gasteiger partial charge is 0.467 e. The monoisotopic (exact) mass is 275 g/mol. The average Bonchev–Trinajstić information content (AvgIpc) is 2.31. The summed E-state index contributed by atoms with van der Waals surface area (Å²) in [5.74, 6) is -0.502. The molecule has 0 saturated heterocycles. The van der Waals surface area contributed by atoms with E-state index in [4.69, 9.17) is 14.2 Å². The number of carbonyl (C=O) groups is 2. The van der Waals surface area contributed by atoms with Crippen LogP contribution in [0.5, 0.6) is 0 Å². The van der Waals surface area contributed by atoms with Crippen LogP contribution in [0.25, 0.3) is 0 Å². The van der Waals surface area contributed by atoms with Crippen LogP contribution in [0.15, 0.2) is 0 Å². The third-order valence-electron chi connectivity index (χ3n) is 2.78. The summed E-state index contributed by atoms with van der Waals surface area (Å²) in [4.78, 5) is 25.4. The molecule has 0 bridgehead atoms. The fourth-order valence-electron chi connectivity index (χ4n) is 1.51. The SMILES string of the molecule is CC[C@@](C)(C(=O)OC)N(COC)C(=O)OC(C)(C)C. The van der Waals surface area contributed by atoms with Gasteiger partial charge in [0.15, 0.2) is 0 Å².